The summed E-state index contributed by atoms with van der Waals surface area (Å²) >= 11 is 0. The molecular formula is C21H25FN2O3. The van der Waals surface area contributed by atoms with E-state index in [1.165, 1.54) is 6.07 Å². The van der Waals surface area contributed by atoms with E-state index in [4.69, 9.17) is 9.47 Å². The molecule has 0 aliphatic carbocycles. The third-order valence-corrected chi connectivity index (χ3v) is 4.79. The van der Waals surface area contributed by atoms with Gasteiger partial charge < -0.3 is 14.8 Å². The molecule has 2 aromatic carbocycles. The van der Waals surface area contributed by atoms with Crippen LogP contribution in [0.1, 0.15) is 18.4 Å². The average molecular weight is 372 g/mol. The van der Waals surface area contributed by atoms with Crippen molar-refractivity contribution >= 4 is 11.6 Å². The first kappa shape index (κ1) is 19.2. The number of amides is 1. The van der Waals surface area contributed by atoms with Gasteiger partial charge in [-0.3, -0.25) is 9.69 Å². The lowest BCUT2D eigenvalue weighted by atomic mass is 9.96. The van der Waals surface area contributed by atoms with E-state index in [0.29, 0.717) is 30.3 Å². The molecule has 1 unspecified atom stereocenters. The largest absolute Gasteiger partial charge is 0.497 e. The Labute approximate surface area is 159 Å². The van der Waals surface area contributed by atoms with Crippen LogP contribution >= 0.6 is 0 Å². The average Bonchev–Trinajstić information content (AvgIpc) is 2.67. The number of carbonyl (C=O) groups excluding carboxylic acids is 1. The second kappa shape index (κ2) is 8.86. The van der Waals surface area contributed by atoms with Crippen molar-refractivity contribution in [3.8, 4) is 11.5 Å². The van der Waals surface area contributed by atoms with Crippen molar-refractivity contribution in [3.05, 3.63) is 53.8 Å². The zero-order chi connectivity index (χ0) is 19.2. The van der Waals surface area contributed by atoms with Crippen LogP contribution in [-0.4, -0.2) is 38.1 Å². The van der Waals surface area contributed by atoms with Gasteiger partial charge in [-0.05, 0) is 37.1 Å². The van der Waals surface area contributed by atoms with E-state index < -0.39 is 0 Å². The van der Waals surface area contributed by atoms with Crippen LogP contribution in [0.15, 0.2) is 42.5 Å². The zero-order valence-corrected chi connectivity index (χ0v) is 15.7. The van der Waals surface area contributed by atoms with Gasteiger partial charge in [-0.25, -0.2) is 4.39 Å². The minimum absolute atomic E-state index is 0.0192. The van der Waals surface area contributed by atoms with Crippen molar-refractivity contribution in [2.24, 2.45) is 5.92 Å². The second-order valence-electron chi connectivity index (χ2n) is 6.79. The molecular weight excluding hydrogens is 347 g/mol. The number of carbonyl (C=O) groups is 1. The molecule has 1 amide bonds. The van der Waals surface area contributed by atoms with Gasteiger partial charge in [0.1, 0.15) is 17.3 Å². The Morgan fingerprint density at radius 3 is 2.59 bits per heavy atom. The van der Waals surface area contributed by atoms with E-state index in [9.17, 15) is 9.18 Å². The first-order chi connectivity index (χ1) is 13.1. The van der Waals surface area contributed by atoms with E-state index in [0.717, 1.165) is 24.9 Å². The van der Waals surface area contributed by atoms with Crippen LogP contribution in [0, 0.1) is 11.7 Å². The summed E-state index contributed by atoms with van der Waals surface area (Å²) in [5.74, 6) is 0.895. The maximum atomic E-state index is 13.4. The van der Waals surface area contributed by atoms with Gasteiger partial charge >= 0.3 is 0 Å². The molecule has 1 atom stereocenters. The molecule has 0 bridgehead atoms. The van der Waals surface area contributed by atoms with Crippen LogP contribution in [0.25, 0.3) is 0 Å². The lowest BCUT2D eigenvalue weighted by Crippen LogP contribution is -2.40. The number of nitrogens with zero attached hydrogens (tertiary/aromatic N) is 1. The van der Waals surface area contributed by atoms with Crippen molar-refractivity contribution in [2.45, 2.75) is 19.4 Å². The quantitative estimate of drug-likeness (QED) is 0.840. The summed E-state index contributed by atoms with van der Waals surface area (Å²) in [6, 6.07) is 11.9. The highest BCUT2D eigenvalue weighted by Crippen LogP contribution is 2.27. The van der Waals surface area contributed by atoms with Gasteiger partial charge in [-0.1, -0.05) is 12.1 Å². The number of anilines is 1. The highest BCUT2D eigenvalue weighted by Gasteiger charge is 2.26. The monoisotopic (exact) mass is 372 g/mol. The fourth-order valence-corrected chi connectivity index (χ4v) is 3.43. The van der Waals surface area contributed by atoms with Gasteiger partial charge in [0.15, 0.2) is 0 Å². The fraction of sp³-hybridized carbons (Fsp3) is 0.381. The van der Waals surface area contributed by atoms with Crippen molar-refractivity contribution < 1.29 is 18.7 Å². The minimum Gasteiger partial charge on any atom is -0.497 e. The van der Waals surface area contributed by atoms with Crippen LogP contribution in [0.3, 0.4) is 0 Å². The number of hydrogen-bond donors (Lipinski definition) is 1. The summed E-state index contributed by atoms with van der Waals surface area (Å²) in [4.78, 5) is 14.9. The van der Waals surface area contributed by atoms with E-state index in [1.54, 1.807) is 44.6 Å². The standard InChI is InChI=1S/C21H25FN2O3/c1-26-19-10-18(11-20(12-19)27-2)23-21(25)16-6-4-8-24(14-16)13-15-5-3-7-17(22)9-15/h3,5,7,9-12,16H,4,6,8,13-14H2,1-2H3,(H,23,25). The van der Waals surface area contributed by atoms with Gasteiger partial charge in [0, 0.05) is 37.0 Å². The van der Waals surface area contributed by atoms with E-state index in [1.807, 2.05) is 6.07 Å². The van der Waals surface area contributed by atoms with E-state index >= 15 is 0 Å². The number of ether oxygens (including phenoxy) is 2. The predicted octanol–water partition coefficient (Wildman–Crippen LogP) is 3.69. The molecule has 1 N–H and O–H groups in total. The summed E-state index contributed by atoms with van der Waals surface area (Å²) in [6.45, 7) is 2.21. The SMILES string of the molecule is COc1cc(NC(=O)C2CCCN(Cc3cccc(F)c3)C2)cc(OC)c1. The molecule has 6 heteroatoms. The van der Waals surface area contributed by atoms with Gasteiger partial charge in [-0.2, -0.15) is 0 Å². The Bertz CT molecular complexity index is 774. The molecule has 0 spiro atoms. The molecule has 5 nitrogen and oxygen atoms in total. The van der Waals surface area contributed by atoms with Crippen LogP contribution < -0.4 is 14.8 Å². The third-order valence-electron chi connectivity index (χ3n) is 4.79. The molecule has 2 aromatic rings. The van der Waals surface area contributed by atoms with Crippen LogP contribution in [0.4, 0.5) is 10.1 Å². The topological polar surface area (TPSA) is 50.8 Å². The summed E-state index contributed by atoms with van der Waals surface area (Å²) in [7, 11) is 3.15. The van der Waals surface area contributed by atoms with Crippen molar-refractivity contribution in [1.29, 1.82) is 0 Å². The molecule has 27 heavy (non-hydrogen) atoms. The van der Waals surface area contributed by atoms with Crippen LogP contribution in [0.2, 0.25) is 0 Å². The Kier molecular flexibility index (Phi) is 6.29. The van der Waals surface area contributed by atoms with Crippen LogP contribution in [0.5, 0.6) is 11.5 Å². The number of benzene rings is 2. The van der Waals surface area contributed by atoms with Gasteiger partial charge in [0.2, 0.25) is 5.91 Å². The Morgan fingerprint density at radius 2 is 1.93 bits per heavy atom. The second-order valence-corrected chi connectivity index (χ2v) is 6.79. The molecule has 1 heterocycles. The highest BCUT2D eigenvalue weighted by atomic mass is 19.1. The third kappa shape index (κ3) is 5.20. The number of rotatable bonds is 6. The molecule has 0 radical (unpaired) electrons. The van der Waals surface area contributed by atoms with E-state index in [-0.39, 0.29) is 17.6 Å². The zero-order valence-electron chi connectivity index (χ0n) is 15.7. The van der Waals surface area contributed by atoms with Crippen molar-refractivity contribution in [1.82, 2.24) is 4.90 Å². The molecule has 1 aliphatic heterocycles. The Balaban J connectivity index is 1.63. The lowest BCUT2D eigenvalue weighted by molar-refractivity contribution is -0.121. The number of hydrogen-bond acceptors (Lipinski definition) is 4. The van der Waals surface area contributed by atoms with Gasteiger partial charge in [-0.15, -0.1) is 0 Å². The number of nitrogens with one attached hydrogen (secondary N) is 1. The summed E-state index contributed by atoms with van der Waals surface area (Å²) in [5.41, 5.74) is 1.58. The predicted molar refractivity (Wildman–Crippen MR) is 103 cm³/mol. The molecule has 1 aliphatic rings. The van der Waals surface area contributed by atoms with E-state index in [2.05, 4.69) is 10.2 Å². The molecule has 0 saturated carbocycles. The Hall–Kier alpha value is -2.60. The first-order valence-electron chi connectivity index (χ1n) is 9.08. The lowest BCUT2D eigenvalue weighted by Gasteiger charge is -2.32. The summed E-state index contributed by atoms with van der Waals surface area (Å²) in [6.07, 6.45) is 1.78. The number of methoxy groups -OCH3 is 2. The molecule has 3 rings (SSSR count). The number of likely N-dealkylation sites (tertiary alicyclic amines) is 1. The molecule has 0 aromatic heterocycles. The number of halogens is 1. The molecule has 1 fully saturated rings. The van der Waals surface area contributed by atoms with Crippen LogP contribution in [-0.2, 0) is 11.3 Å². The summed E-state index contributed by atoms with van der Waals surface area (Å²) in [5, 5.41) is 2.97. The highest BCUT2D eigenvalue weighted by molar-refractivity contribution is 5.93. The van der Waals surface area contributed by atoms with Gasteiger partial charge in [0.25, 0.3) is 0 Å². The molecule has 144 valence electrons. The number of piperidine rings is 1. The smallest absolute Gasteiger partial charge is 0.228 e. The van der Waals surface area contributed by atoms with Gasteiger partial charge in [0.05, 0.1) is 20.1 Å². The van der Waals surface area contributed by atoms with Crippen molar-refractivity contribution in [2.75, 3.05) is 32.6 Å². The fourth-order valence-electron chi connectivity index (χ4n) is 3.43. The summed E-state index contributed by atoms with van der Waals surface area (Å²) < 4.78 is 23.9. The maximum absolute atomic E-state index is 13.4. The van der Waals surface area contributed by atoms with Crippen molar-refractivity contribution in [3.63, 3.8) is 0 Å². The Morgan fingerprint density at radius 1 is 1.19 bits per heavy atom. The normalized spacial score (nSPS) is 17.4. The maximum Gasteiger partial charge on any atom is 0.228 e. The minimum atomic E-state index is -0.231. The molecule has 1 saturated heterocycles. The first-order valence-corrected chi connectivity index (χ1v) is 9.08.